The number of aromatic nitrogens is 1. The Morgan fingerprint density at radius 1 is 1.12 bits per heavy atom. The van der Waals surface area contributed by atoms with Crippen molar-refractivity contribution >= 4 is 5.91 Å². The van der Waals surface area contributed by atoms with Gasteiger partial charge in [0, 0.05) is 30.2 Å². The number of carbonyl (C=O) groups is 1. The predicted molar refractivity (Wildman–Crippen MR) is 89.4 cm³/mol. The highest BCUT2D eigenvalue weighted by Crippen LogP contribution is 2.14. The fourth-order valence-electron chi connectivity index (χ4n) is 2.49. The Bertz CT molecular complexity index is 813. The summed E-state index contributed by atoms with van der Waals surface area (Å²) >= 11 is 0. The molecule has 0 radical (unpaired) electrons. The second-order valence-electron chi connectivity index (χ2n) is 5.35. The zero-order valence-electron chi connectivity index (χ0n) is 13.1. The van der Waals surface area contributed by atoms with Crippen LogP contribution in [-0.2, 0) is 6.54 Å². The van der Waals surface area contributed by atoms with Crippen LogP contribution in [-0.4, -0.2) is 21.9 Å². The number of rotatable bonds is 6. The molecule has 0 aliphatic heterocycles. The summed E-state index contributed by atoms with van der Waals surface area (Å²) in [6, 6.07) is 17.0. The molecule has 0 fully saturated rings. The van der Waals surface area contributed by atoms with E-state index in [1.54, 1.807) is 29.4 Å². The molecule has 0 bridgehead atoms. The number of nitriles is 1. The van der Waals surface area contributed by atoms with Crippen LogP contribution in [0.25, 0.3) is 5.69 Å². The molecule has 0 aliphatic rings. The van der Waals surface area contributed by atoms with E-state index in [4.69, 9.17) is 9.68 Å². The highest BCUT2D eigenvalue weighted by atomic mass is 16.3. The number of hydrogen-bond acceptors (Lipinski definition) is 3. The molecule has 3 rings (SSSR count). The summed E-state index contributed by atoms with van der Waals surface area (Å²) in [7, 11) is 0. The Labute approximate surface area is 140 Å². The molecule has 120 valence electrons. The first-order valence-corrected chi connectivity index (χ1v) is 7.70. The van der Waals surface area contributed by atoms with Crippen molar-refractivity contribution in [3.63, 3.8) is 0 Å². The maximum absolute atomic E-state index is 12.7. The van der Waals surface area contributed by atoms with Crippen LogP contribution in [0.15, 0.2) is 71.6 Å². The highest BCUT2D eigenvalue weighted by molar-refractivity contribution is 5.94. The van der Waals surface area contributed by atoms with E-state index in [1.165, 1.54) is 0 Å². The summed E-state index contributed by atoms with van der Waals surface area (Å²) in [6.45, 7) is 0.724. The summed E-state index contributed by atoms with van der Waals surface area (Å²) < 4.78 is 7.29. The smallest absolute Gasteiger partial charge is 0.254 e. The third-order valence-corrected chi connectivity index (χ3v) is 3.72. The van der Waals surface area contributed by atoms with Gasteiger partial charge in [0.15, 0.2) is 0 Å². The van der Waals surface area contributed by atoms with Crippen LogP contribution in [0.3, 0.4) is 0 Å². The van der Waals surface area contributed by atoms with Crippen molar-refractivity contribution < 1.29 is 9.21 Å². The fraction of sp³-hybridized carbons (Fsp3) is 0.158. The van der Waals surface area contributed by atoms with Gasteiger partial charge in [0.1, 0.15) is 5.76 Å². The van der Waals surface area contributed by atoms with Gasteiger partial charge in [-0.2, -0.15) is 5.26 Å². The molecule has 0 atom stereocenters. The van der Waals surface area contributed by atoms with Gasteiger partial charge in [0.25, 0.3) is 5.91 Å². The lowest BCUT2D eigenvalue weighted by atomic mass is 10.1. The second-order valence-corrected chi connectivity index (χ2v) is 5.35. The minimum atomic E-state index is -0.110. The summed E-state index contributed by atoms with van der Waals surface area (Å²) in [4.78, 5) is 14.4. The summed E-state index contributed by atoms with van der Waals surface area (Å²) in [5, 5.41) is 8.82. The maximum Gasteiger partial charge on any atom is 0.254 e. The molecule has 2 heterocycles. The first-order valence-electron chi connectivity index (χ1n) is 7.70. The van der Waals surface area contributed by atoms with Crippen LogP contribution < -0.4 is 0 Å². The second kappa shape index (κ2) is 7.34. The zero-order valence-corrected chi connectivity index (χ0v) is 13.1. The lowest BCUT2D eigenvalue weighted by Crippen LogP contribution is -2.31. The molecule has 5 heteroatoms. The molecule has 0 saturated carbocycles. The topological polar surface area (TPSA) is 62.2 Å². The Morgan fingerprint density at radius 3 is 2.50 bits per heavy atom. The van der Waals surface area contributed by atoms with Crippen LogP contribution in [0.2, 0.25) is 0 Å². The van der Waals surface area contributed by atoms with Crippen molar-refractivity contribution in [3.8, 4) is 11.8 Å². The molecule has 5 nitrogen and oxygen atoms in total. The van der Waals surface area contributed by atoms with Gasteiger partial charge in [0.2, 0.25) is 0 Å². The van der Waals surface area contributed by atoms with Gasteiger partial charge in [-0.15, -0.1) is 0 Å². The molecule has 0 spiro atoms. The minimum Gasteiger partial charge on any atom is -0.467 e. The number of hydrogen-bond donors (Lipinski definition) is 0. The third-order valence-electron chi connectivity index (χ3n) is 3.72. The van der Waals surface area contributed by atoms with Gasteiger partial charge >= 0.3 is 0 Å². The van der Waals surface area contributed by atoms with E-state index >= 15 is 0 Å². The first-order chi connectivity index (χ1) is 11.8. The summed E-state index contributed by atoms with van der Waals surface area (Å²) in [5.74, 6) is 0.589. The SMILES string of the molecule is N#CCCN(Cc1ccco1)C(=O)c1ccc(-n2cccc2)cc1. The van der Waals surface area contributed by atoms with Gasteiger partial charge < -0.3 is 13.9 Å². The molecule has 0 aliphatic carbocycles. The predicted octanol–water partition coefficient (Wildman–Crippen LogP) is 3.63. The van der Waals surface area contributed by atoms with E-state index in [2.05, 4.69) is 6.07 Å². The van der Waals surface area contributed by atoms with E-state index in [0.717, 1.165) is 5.69 Å². The molecule has 0 N–H and O–H groups in total. The van der Waals surface area contributed by atoms with Gasteiger partial charge in [-0.3, -0.25) is 4.79 Å². The molecule has 24 heavy (non-hydrogen) atoms. The maximum atomic E-state index is 12.7. The Hall–Kier alpha value is -3.26. The lowest BCUT2D eigenvalue weighted by molar-refractivity contribution is 0.0735. The van der Waals surface area contributed by atoms with Crippen LogP contribution in [0.1, 0.15) is 22.5 Å². The van der Waals surface area contributed by atoms with Crippen LogP contribution in [0.4, 0.5) is 0 Å². The summed E-state index contributed by atoms with van der Waals surface area (Å²) in [6.07, 6.45) is 5.77. The Balaban J connectivity index is 1.77. The Morgan fingerprint density at radius 2 is 1.88 bits per heavy atom. The lowest BCUT2D eigenvalue weighted by Gasteiger charge is -2.20. The van der Waals surface area contributed by atoms with Crippen molar-refractivity contribution in [2.45, 2.75) is 13.0 Å². The van der Waals surface area contributed by atoms with Crippen molar-refractivity contribution in [3.05, 3.63) is 78.5 Å². The summed E-state index contributed by atoms with van der Waals surface area (Å²) in [5.41, 5.74) is 1.58. The van der Waals surface area contributed by atoms with Gasteiger partial charge in [-0.25, -0.2) is 0 Å². The number of furan rings is 1. The normalized spacial score (nSPS) is 10.3. The molecule has 0 unspecified atom stereocenters. The zero-order chi connectivity index (χ0) is 16.8. The molecule has 3 aromatic rings. The monoisotopic (exact) mass is 319 g/mol. The largest absolute Gasteiger partial charge is 0.467 e. The average Bonchev–Trinajstić information content (AvgIpc) is 3.32. The number of nitrogens with zero attached hydrogens (tertiary/aromatic N) is 3. The molecule has 0 saturated heterocycles. The fourth-order valence-corrected chi connectivity index (χ4v) is 2.49. The van der Waals surface area contributed by atoms with Crippen molar-refractivity contribution in [2.75, 3.05) is 6.54 Å². The molecular formula is C19H17N3O2. The number of benzene rings is 1. The van der Waals surface area contributed by atoms with Gasteiger partial charge in [0.05, 0.1) is 25.3 Å². The third kappa shape index (κ3) is 3.55. The number of amides is 1. The highest BCUT2D eigenvalue weighted by Gasteiger charge is 2.17. The minimum absolute atomic E-state index is 0.110. The molecule has 2 aromatic heterocycles. The van der Waals surface area contributed by atoms with Crippen LogP contribution >= 0.6 is 0 Å². The van der Waals surface area contributed by atoms with E-state index in [-0.39, 0.29) is 12.3 Å². The van der Waals surface area contributed by atoms with Crippen LogP contribution in [0, 0.1) is 11.3 Å². The number of carbonyl (C=O) groups excluding carboxylic acids is 1. The quantitative estimate of drug-likeness (QED) is 0.697. The molecular weight excluding hydrogens is 302 g/mol. The van der Waals surface area contributed by atoms with E-state index in [9.17, 15) is 4.79 Å². The van der Waals surface area contributed by atoms with E-state index in [0.29, 0.717) is 24.4 Å². The Kier molecular flexibility index (Phi) is 4.78. The van der Waals surface area contributed by atoms with E-state index < -0.39 is 0 Å². The van der Waals surface area contributed by atoms with Crippen molar-refractivity contribution in [1.29, 1.82) is 5.26 Å². The van der Waals surface area contributed by atoms with Crippen molar-refractivity contribution in [1.82, 2.24) is 9.47 Å². The standard InChI is InChI=1S/C19H17N3O2/c20-10-4-13-22(15-18-5-3-14-24-18)19(23)16-6-8-17(9-7-16)21-11-1-2-12-21/h1-3,5-9,11-12,14H,4,13,15H2. The molecule has 1 aromatic carbocycles. The van der Waals surface area contributed by atoms with Gasteiger partial charge in [-0.05, 0) is 48.5 Å². The molecule has 1 amide bonds. The van der Waals surface area contributed by atoms with Gasteiger partial charge in [-0.1, -0.05) is 0 Å². The van der Waals surface area contributed by atoms with Crippen molar-refractivity contribution in [2.24, 2.45) is 0 Å². The van der Waals surface area contributed by atoms with E-state index in [1.807, 2.05) is 47.3 Å². The average molecular weight is 319 g/mol. The first kappa shape index (κ1) is 15.6. The van der Waals surface area contributed by atoms with Crippen LogP contribution in [0.5, 0.6) is 0 Å².